The van der Waals surface area contributed by atoms with E-state index in [1.165, 1.54) is 11.3 Å². The second-order valence-corrected chi connectivity index (χ2v) is 6.18. The third kappa shape index (κ3) is 3.22. The Bertz CT molecular complexity index is 758. The summed E-state index contributed by atoms with van der Waals surface area (Å²) in [5, 5.41) is 16.1. The highest BCUT2D eigenvalue weighted by molar-refractivity contribution is 7.13. The number of amides is 1. The Labute approximate surface area is 131 Å². The number of carbonyl (C=O) groups is 1. The second-order valence-electron chi connectivity index (χ2n) is 5.32. The molecule has 7 nitrogen and oxygen atoms in total. The number of thiazole rings is 1. The van der Waals surface area contributed by atoms with E-state index in [0.29, 0.717) is 17.3 Å². The molecule has 0 spiro atoms. The minimum atomic E-state index is -0.241. The molecule has 8 heteroatoms. The molecule has 0 aliphatic carbocycles. The maximum absolute atomic E-state index is 12.2. The van der Waals surface area contributed by atoms with Crippen molar-refractivity contribution in [2.24, 2.45) is 5.92 Å². The van der Waals surface area contributed by atoms with Gasteiger partial charge in [-0.1, -0.05) is 13.8 Å². The lowest BCUT2D eigenvalue weighted by Crippen LogP contribution is -2.12. The van der Waals surface area contributed by atoms with Gasteiger partial charge in [0, 0.05) is 29.9 Å². The first-order valence-electron chi connectivity index (χ1n) is 6.90. The van der Waals surface area contributed by atoms with E-state index in [1.807, 2.05) is 10.9 Å². The maximum atomic E-state index is 12.2. The maximum Gasteiger partial charge on any atom is 0.275 e. The topological polar surface area (TPSA) is 88.5 Å². The number of carbonyl (C=O) groups excluding carboxylic acids is 1. The van der Waals surface area contributed by atoms with E-state index in [-0.39, 0.29) is 5.91 Å². The third-order valence-electron chi connectivity index (χ3n) is 2.93. The Hall–Kier alpha value is -2.48. The molecule has 0 unspecified atom stereocenters. The van der Waals surface area contributed by atoms with Crippen LogP contribution < -0.4 is 5.32 Å². The first kappa shape index (κ1) is 14.5. The van der Waals surface area contributed by atoms with Crippen LogP contribution in [0.3, 0.4) is 0 Å². The summed E-state index contributed by atoms with van der Waals surface area (Å²) in [7, 11) is 0. The molecule has 2 N–H and O–H groups in total. The van der Waals surface area contributed by atoms with Gasteiger partial charge in [0.25, 0.3) is 5.91 Å². The number of hydrogen-bond acceptors (Lipinski definition) is 5. The summed E-state index contributed by atoms with van der Waals surface area (Å²) in [4.78, 5) is 16.5. The van der Waals surface area contributed by atoms with E-state index in [0.717, 1.165) is 17.1 Å². The molecule has 0 aliphatic heterocycles. The minimum Gasteiger partial charge on any atom is -0.318 e. The Morgan fingerprint density at radius 2 is 2.32 bits per heavy atom. The van der Waals surface area contributed by atoms with Crippen molar-refractivity contribution < 1.29 is 4.79 Å². The normalized spacial score (nSPS) is 11.0. The van der Waals surface area contributed by atoms with Gasteiger partial charge in [-0.2, -0.15) is 10.2 Å². The molecule has 1 amide bonds. The van der Waals surface area contributed by atoms with Crippen molar-refractivity contribution in [2.45, 2.75) is 20.4 Å². The van der Waals surface area contributed by atoms with Crippen LogP contribution in [-0.4, -0.2) is 30.9 Å². The standard InChI is InChI=1S/C14H16N6OS/c1-9(2)6-20-7-11(5-17-20)18-13(21)12-8-22-14(19-12)10-3-15-16-4-10/h3-5,7-9H,6H2,1-2H3,(H,15,16)(H,18,21). The van der Waals surface area contributed by atoms with Crippen LogP contribution in [0.1, 0.15) is 24.3 Å². The summed E-state index contributed by atoms with van der Waals surface area (Å²) in [6.07, 6.45) is 6.89. The first-order chi connectivity index (χ1) is 10.6. The highest BCUT2D eigenvalue weighted by atomic mass is 32.1. The Morgan fingerprint density at radius 3 is 3.05 bits per heavy atom. The monoisotopic (exact) mass is 316 g/mol. The first-order valence-corrected chi connectivity index (χ1v) is 7.78. The summed E-state index contributed by atoms with van der Waals surface area (Å²) in [5.41, 5.74) is 1.93. The number of hydrogen-bond donors (Lipinski definition) is 2. The Balaban J connectivity index is 1.68. The number of aromatic amines is 1. The molecule has 22 heavy (non-hydrogen) atoms. The van der Waals surface area contributed by atoms with Gasteiger partial charge in [0.1, 0.15) is 10.7 Å². The quantitative estimate of drug-likeness (QED) is 0.757. The zero-order valence-electron chi connectivity index (χ0n) is 12.3. The summed E-state index contributed by atoms with van der Waals surface area (Å²) in [5.74, 6) is 0.259. The van der Waals surface area contributed by atoms with Gasteiger partial charge in [0.05, 0.1) is 18.1 Å². The molecule has 0 atom stereocenters. The van der Waals surface area contributed by atoms with Gasteiger partial charge in [-0.25, -0.2) is 4.98 Å². The van der Waals surface area contributed by atoms with Gasteiger partial charge in [-0.05, 0) is 5.92 Å². The van der Waals surface area contributed by atoms with Crippen molar-refractivity contribution in [2.75, 3.05) is 5.32 Å². The lowest BCUT2D eigenvalue weighted by Gasteiger charge is -2.03. The molecule has 0 aliphatic rings. The number of rotatable bonds is 5. The van der Waals surface area contributed by atoms with Crippen molar-refractivity contribution in [3.05, 3.63) is 35.9 Å². The SMILES string of the molecule is CC(C)Cn1cc(NC(=O)c2csc(-c3cn[nH]c3)n2)cn1. The average molecular weight is 316 g/mol. The minimum absolute atomic E-state index is 0.241. The Morgan fingerprint density at radius 1 is 1.45 bits per heavy atom. The fourth-order valence-corrected chi connectivity index (χ4v) is 2.76. The average Bonchev–Trinajstić information content (AvgIpc) is 3.19. The number of H-pyrrole nitrogens is 1. The fraction of sp³-hybridized carbons (Fsp3) is 0.286. The van der Waals surface area contributed by atoms with Crippen molar-refractivity contribution >= 4 is 22.9 Å². The molecule has 0 bridgehead atoms. The lowest BCUT2D eigenvalue weighted by molar-refractivity contribution is 0.102. The van der Waals surface area contributed by atoms with Gasteiger partial charge in [-0.3, -0.25) is 14.6 Å². The molecule has 114 valence electrons. The number of nitrogens with zero attached hydrogens (tertiary/aromatic N) is 4. The second kappa shape index (κ2) is 6.10. The van der Waals surface area contributed by atoms with Crippen LogP contribution in [0.4, 0.5) is 5.69 Å². The van der Waals surface area contributed by atoms with Gasteiger partial charge in [-0.15, -0.1) is 11.3 Å². The van der Waals surface area contributed by atoms with Gasteiger partial charge < -0.3 is 5.32 Å². The highest BCUT2D eigenvalue weighted by Gasteiger charge is 2.13. The van der Waals surface area contributed by atoms with Crippen molar-refractivity contribution in [3.63, 3.8) is 0 Å². The molecule has 0 aromatic carbocycles. The third-order valence-corrected chi connectivity index (χ3v) is 3.82. The summed E-state index contributed by atoms with van der Waals surface area (Å²) >= 11 is 1.41. The molecular formula is C14H16N6OS. The molecule has 3 aromatic rings. The predicted molar refractivity (Wildman–Crippen MR) is 84.7 cm³/mol. The van der Waals surface area contributed by atoms with Crippen LogP contribution in [0.25, 0.3) is 10.6 Å². The van der Waals surface area contributed by atoms with Gasteiger partial charge in [0.2, 0.25) is 0 Å². The molecule has 3 rings (SSSR count). The zero-order valence-corrected chi connectivity index (χ0v) is 13.1. The van der Waals surface area contributed by atoms with E-state index in [4.69, 9.17) is 0 Å². The van der Waals surface area contributed by atoms with Crippen molar-refractivity contribution in [1.29, 1.82) is 0 Å². The van der Waals surface area contributed by atoms with E-state index in [2.05, 4.69) is 39.4 Å². The number of aromatic nitrogens is 5. The van der Waals surface area contributed by atoms with Crippen LogP contribution >= 0.6 is 11.3 Å². The molecule has 3 heterocycles. The zero-order chi connectivity index (χ0) is 15.5. The largest absolute Gasteiger partial charge is 0.318 e. The summed E-state index contributed by atoms with van der Waals surface area (Å²) < 4.78 is 1.82. The van der Waals surface area contributed by atoms with Crippen LogP contribution in [0.5, 0.6) is 0 Å². The fourth-order valence-electron chi connectivity index (χ4n) is 1.98. The van der Waals surface area contributed by atoms with Crippen LogP contribution in [0, 0.1) is 5.92 Å². The number of anilines is 1. The summed E-state index contributed by atoms with van der Waals surface area (Å²) in [6.45, 7) is 5.05. The van der Waals surface area contributed by atoms with E-state index in [9.17, 15) is 4.79 Å². The molecule has 0 saturated carbocycles. The molecular weight excluding hydrogens is 300 g/mol. The molecule has 3 aromatic heterocycles. The lowest BCUT2D eigenvalue weighted by atomic mass is 10.2. The molecule has 0 fully saturated rings. The molecule has 0 saturated heterocycles. The number of nitrogens with one attached hydrogen (secondary N) is 2. The summed E-state index contributed by atoms with van der Waals surface area (Å²) in [6, 6.07) is 0. The van der Waals surface area contributed by atoms with E-state index in [1.54, 1.807) is 24.0 Å². The van der Waals surface area contributed by atoms with E-state index >= 15 is 0 Å². The van der Waals surface area contributed by atoms with E-state index < -0.39 is 0 Å². The smallest absolute Gasteiger partial charge is 0.275 e. The predicted octanol–water partition coefficient (Wildman–Crippen LogP) is 2.64. The van der Waals surface area contributed by atoms with Gasteiger partial charge in [0.15, 0.2) is 0 Å². The van der Waals surface area contributed by atoms with Crippen molar-refractivity contribution in [3.8, 4) is 10.6 Å². The Kier molecular flexibility index (Phi) is 4.01. The highest BCUT2D eigenvalue weighted by Crippen LogP contribution is 2.22. The van der Waals surface area contributed by atoms with Crippen LogP contribution in [0.15, 0.2) is 30.2 Å². The van der Waals surface area contributed by atoms with Crippen molar-refractivity contribution in [1.82, 2.24) is 25.0 Å². The van der Waals surface area contributed by atoms with Crippen LogP contribution in [0.2, 0.25) is 0 Å². The molecule has 0 radical (unpaired) electrons. The van der Waals surface area contributed by atoms with Gasteiger partial charge >= 0.3 is 0 Å². The van der Waals surface area contributed by atoms with Crippen LogP contribution in [-0.2, 0) is 6.54 Å².